The van der Waals surface area contributed by atoms with E-state index in [9.17, 15) is 0 Å². The third kappa shape index (κ3) is 3.93. The molecule has 0 aliphatic carbocycles. The molecule has 0 amide bonds. The van der Waals surface area contributed by atoms with E-state index in [4.69, 9.17) is 9.15 Å². The summed E-state index contributed by atoms with van der Waals surface area (Å²) in [5, 5.41) is 0. The molecule has 0 fully saturated rings. The standard InChI is InChI=1S/C24H18BrO2/c1-26-22-13-9-19(10-14-22)24-16-20(17-5-3-2-4-6-17)15-23(27-24)18-7-11-21(25)12-8-18/h2-16H,1H3/q+1. The van der Waals surface area contributed by atoms with Gasteiger partial charge in [-0.1, -0.05) is 46.3 Å². The van der Waals surface area contributed by atoms with Gasteiger partial charge in [0.25, 0.3) is 0 Å². The lowest BCUT2D eigenvalue weighted by atomic mass is 10.0. The maximum absolute atomic E-state index is 6.27. The Bertz CT molecular complexity index is 1040. The van der Waals surface area contributed by atoms with Crippen molar-refractivity contribution in [2.24, 2.45) is 0 Å². The van der Waals surface area contributed by atoms with Gasteiger partial charge in [0, 0.05) is 10.0 Å². The van der Waals surface area contributed by atoms with Crippen molar-refractivity contribution in [2.45, 2.75) is 0 Å². The Hall–Kier alpha value is -2.91. The van der Waals surface area contributed by atoms with Crippen molar-refractivity contribution in [3.8, 4) is 39.5 Å². The van der Waals surface area contributed by atoms with Crippen LogP contribution in [0.2, 0.25) is 0 Å². The van der Waals surface area contributed by atoms with Crippen LogP contribution in [0.1, 0.15) is 0 Å². The van der Waals surface area contributed by atoms with Gasteiger partial charge in [-0.2, -0.15) is 0 Å². The van der Waals surface area contributed by atoms with Crippen LogP contribution in [0, 0.1) is 0 Å². The first-order valence-electron chi connectivity index (χ1n) is 8.67. The minimum Gasteiger partial charge on any atom is -0.497 e. The van der Waals surface area contributed by atoms with Gasteiger partial charge < -0.3 is 4.74 Å². The first-order valence-corrected chi connectivity index (χ1v) is 9.46. The highest BCUT2D eigenvalue weighted by molar-refractivity contribution is 9.10. The first kappa shape index (κ1) is 17.5. The van der Waals surface area contributed by atoms with Gasteiger partial charge >= 0.3 is 11.5 Å². The van der Waals surface area contributed by atoms with E-state index < -0.39 is 0 Å². The van der Waals surface area contributed by atoms with Crippen molar-refractivity contribution in [3.05, 3.63) is 95.5 Å². The zero-order valence-corrected chi connectivity index (χ0v) is 16.4. The van der Waals surface area contributed by atoms with Gasteiger partial charge in [0.1, 0.15) is 5.75 Å². The van der Waals surface area contributed by atoms with Crippen molar-refractivity contribution >= 4 is 15.9 Å². The molecule has 3 heteroatoms. The lowest BCUT2D eigenvalue weighted by Crippen LogP contribution is -1.87. The number of ether oxygens (including phenoxy) is 1. The van der Waals surface area contributed by atoms with E-state index in [1.807, 2.05) is 54.6 Å². The quantitative estimate of drug-likeness (QED) is 0.324. The molecule has 0 saturated carbocycles. The van der Waals surface area contributed by atoms with Crippen molar-refractivity contribution in [1.29, 1.82) is 0 Å². The van der Waals surface area contributed by atoms with Crippen LogP contribution in [0.15, 0.2) is 99.9 Å². The predicted molar refractivity (Wildman–Crippen MR) is 114 cm³/mol. The zero-order valence-electron chi connectivity index (χ0n) is 14.9. The Balaban J connectivity index is 1.87. The van der Waals surface area contributed by atoms with Crippen LogP contribution in [-0.4, -0.2) is 7.11 Å². The molecule has 0 radical (unpaired) electrons. The average molecular weight is 418 g/mol. The number of rotatable bonds is 4. The molecule has 1 heterocycles. The molecular formula is C24H18BrO2+. The Morgan fingerprint density at radius 2 is 1.19 bits per heavy atom. The summed E-state index contributed by atoms with van der Waals surface area (Å²) in [6.45, 7) is 0. The third-order valence-electron chi connectivity index (χ3n) is 4.40. The smallest absolute Gasteiger partial charge is 0.361 e. The number of hydrogen-bond donors (Lipinski definition) is 0. The first-order chi connectivity index (χ1) is 13.2. The van der Waals surface area contributed by atoms with Crippen LogP contribution >= 0.6 is 15.9 Å². The van der Waals surface area contributed by atoms with E-state index in [0.717, 1.165) is 44.0 Å². The number of benzene rings is 3. The van der Waals surface area contributed by atoms with E-state index in [0.29, 0.717) is 0 Å². The normalized spacial score (nSPS) is 10.6. The highest BCUT2D eigenvalue weighted by Crippen LogP contribution is 2.33. The summed E-state index contributed by atoms with van der Waals surface area (Å²) in [6, 6.07) is 30.6. The molecule has 0 saturated heterocycles. The maximum Gasteiger partial charge on any atom is 0.361 e. The molecule has 0 aliphatic rings. The second-order valence-corrected chi connectivity index (χ2v) is 7.09. The van der Waals surface area contributed by atoms with Crippen molar-refractivity contribution < 1.29 is 9.15 Å². The van der Waals surface area contributed by atoms with Crippen molar-refractivity contribution in [1.82, 2.24) is 0 Å². The summed E-state index contributed by atoms with van der Waals surface area (Å²) in [5.41, 5.74) is 4.31. The second kappa shape index (κ2) is 7.77. The van der Waals surface area contributed by atoms with Gasteiger partial charge in [-0.15, -0.1) is 0 Å². The van der Waals surface area contributed by atoms with Gasteiger partial charge in [0.05, 0.1) is 30.4 Å². The molecule has 0 N–H and O–H groups in total. The Kier molecular flexibility index (Phi) is 5.03. The molecule has 0 atom stereocenters. The van der Waals surface area contributed by atoms with Crippen LogP contribution in [0.25, 0.3) is 33.8 Å². The van der Waals surface area contributed by atoms with Crippen molar-refractivity contribution in [3.63, 3.8) is 0 Å². The number of hydrogen-bond acceptors (Lipinski definition) is 1. The largest absolute Gasteiger partial charge is 0.497 e. The van der Waals surface area contributed by atoms with Gasteiger partial charge in [-0.25, -0.2) is 4.42 Å². The fourth-order valence-electron chi connectivity index (χ4n) is 2.95. The van der Waals surface area contributed by atoms with Crippen molar-refractivity contribution in [2.75, 3.05) is 7.11 Å². The molecule has 0 spiro atoms. The topological polar surface area (TPSA) is 20.5 Å². The second-order valence-electron chi connectivity index (χ2n) is 6.18. The SMILES string of the molecule is COc1ccc(-c2cc(-c3ccccc3)cc(-c3ccc(Br)cc3)[o+]2)cc1. The van der Waals surface area contributed by atoms with Crippen LogP contribution < -0.4 is 4.74 Å². The average Bonchev–Trinajstić information content (AvgIpc) is 2.74. The molecule has 132 valence electrons. The molecule has 0 aliphatic heterocycles. The van der Waals surface area contributed by atoms with E-state index in [2.05, 4.69) is 52.3 Å². The van der Waals surface area contributed by atoms with Gasteiger partial charge in [0.15, 0.2) is 0 Å². The molecule has 2 nitrogen and oxygen atoms in total. The van der Waals surface area contributed by atoms with Gasteiger partial charge in [-0.3, -0.25) is 0 Å². The minimum atomic E-state index is 0.817. The zero-order chi connectivity index (χ0) is 18.6. The molecule has 27 heavy (non-hydrogen) atoms. The summed E-state index contributed by atoms with van der Waals surface area (Å²) in [7, 11) is 1.67. The summed E-state index contributed by atoms with van der Waals surface area (Å²) in [4.78, 5) is 0. The van der Waals surface area contributed by atoms with Crippen LogP contribution in [0.5, 0.6) is 5.75 Å². The summed E-state index contributed by atoms with van der Waals surface area (Å²) in [6.07, 6.45) is 0. The number of halogens is 1. The lowest BCUT2D eigenvalue weighted by Gasteiger charge is -2.03. The van der Waals surface area contributed by atoms with Gasteiger partial charge in [0.2, 0.25) is 0 Å². The van der Waals surface area contributed by atoms with E-state index in [1.54, 1.807) is 7.11 Å². The molecule has 4 aromatic rings. The summed E-state index contributed by atoms with van der Waals surface area (Å²) >= 11 is 3.49. The van der Waals surface area contributed by atoms with E-state index in [1.165, 1.54) is 0 Å². The fourth-order valence-corrected chi connectivity index (χ4v) is 3.22. The molecule has 0 bridgehead atoms. The Labute approximate surface area is 167 Å². The summed E-state index contributed by atoms with van der Waals surface area (Å²) in [5.74, 6) is 2.47. The third-order valence-corrected chi connectivity index (χ3v) is 4.93. The Morgan fingerprint density at radius 3 is 1.74 bits per heavy atom. The van der Waals surface area contributed by atoms with E-state index >= 15 is 0 Å². The lowest BCUT2D eigenvalue weighted by molar-refractivity contribution is 0.415. The van der Waals surface area contributed by atoms with Crippen LogP contribution in [-0.2, 0) is 0 Å². The molecule has 1 aromatic heterocycles. The summed E-state index contributed by atoms with van der Waals surface area (Å²) < 4.78 is 12.6. The highest BCUT2D eigenvalue weighted by atomic mass is 79.9. The molecule has 0 unspecified atom stereocenters. The highest BCUT2D eigenvalue weighted by Gasteiger charge is 2.20. The molecule has 3 aromatic carbocycles. The van der Waals surface area contributed by atoms with Crippen LogP contribution in [0.3, 0.4) is 0 Å². The Morgan fingerprint density at radius 1 is 0.630 bits per heavy atom. The number of methoxy groups -OCH3 is 1. The molecule has 4 rings (SSSR count). The fraction of sp³-hybridized carbons (Fsp3) is 0.0417. The monoisotopic (exact) mass is 417 g/mol. The van der Waals surface area contributed by atoms with Gasteiger partial charge in [-0.05, 0) is 54.1 Å². The predicted octanol–water partition coefficient (Wildman–Crippen LogP) is 7.33. The minimum absolute atomic E-state index is 0.817. The van der Waals surface area contributed by atoms with E-state index in [-0.39, 0.29) is 0 Å². The molecular weight excluding hydrogens is 400 g/mol. The van der Waals surface area contributed by atoms with Crippen LogP contribution in [0.4, 0.5) is 0 Å². The maximum atomic E-state index is 6.27.